The van der Waals surface area contributed by atoms with E-state index >= 15 is 0 Å². The summed E-state index contributed by atoms with van der Waals surface area (Å²) in [4.78, 5) is 12.9. The Labute approximate surface area is 108 Å². The SMILES string of the molecule is CN(C)CCCN(C)c1nccnc1C(N)=S. The third-order valence-corrected chi connectivity index (χ3v) is 2.57. The summed E-state index contributed by atoms with van der Waals surface area (Å²) < 4.78 is 0. The molecule has 94 valence electrons. The molecule has 0 amide bonds. The molecular weight excluding hydrogens is 234 g/mol. The molecule has 0 fully saturated rings. The van der Waals surface area contributed by atoms with Crippen LogP contribution < -0.4 is 10.6 Å². The zero-order chi connectivity index (χ0) is 12.8. The van der Waals surface area contributed by atoms with Gasteiger partial charge >= 0.3 is 0 Å². The van der Waals surface area contributed by atoms with Gasteiger partial charge in [-0.3, -0.25) is 0 Å². The standard InChI is InChI=1S/C11H19N5S/c1-15(2)7-4-8-16(3)11-9(10(12)17)13-5-6-14-11/h5-6H,4,7-8H2,1-3H3,(H2,12,17). The fourth-order valence-corrected chi connectivity index (χ4v) is 1.66. The fourth-order valence-electron chi connectivity index (χ4n) is 1.51. The van der Waals surface area contributed by atoms with Crippen molar-refractivity contribution >= 4 is 23.0 Å². The van der Waals surface area contributed by atoms with E-state index in [1.807, 2.05) is 11.9 Å². The van der Waals surface area contributed by atoms with E-state index in [9.17, 15) is 0 Å². The highest BCUT2D eigenvalue weighted by molar-refractivity contribution is 7.80. The molecule has 0 aliphatic rings. The third kappa shape index (κ3) is 4.24. The molecule has 0 saturated heterocycles. The second-order valence-corrected chi connectivity index (χ2v) is 4.61. The Morgan fingerprint density at radius 2 is 1.88 bits per heavy atom. The summed E-state index contributed by atoms with van der Waals surface area (Å²) in [5, 5.41) is 0. The first-order valence-electron chi connectivity index (χ1n) is 5.49. The molecular formula is C11H19N5S. The van der Waals surface area contributed by atoms with Crippen molar-refractivity contribution in [1.29, 1.82) is 0 Å². The zero-order valence-electron chi connectivity index (χ0n) is 10.6. The summed E-state index contributed by atoms with van der Waals surface area (Å²) in [6, 6.07) is 0. The first kappa shape index (κ1) is 13.8. The Hall–Kier alpha value is -1.27. The van der Waals surface area contributed by atoms with Crippen molar-refractivity contribution in [2.24, 2.45) is 5.73 Å². The van der Waals surface area contributed by atoms with Gasteiger partial charge in [0.05, 0.1) is 0 Å². The molecule has 6 heteroatoms. The van der Waals surface area contributed by atoms with Crippen LogP contribution in [0.15, 0.2) is 12.4 Å². The number of nitrogens with zero attached hydrogens (tertiary/aromatic N) is 4. The van der Waals surface area contributed by atoms with Crippen molar-refractivity contribution in [3.63, 3.8) is 0 Å². The summed E-state index contributed by atoms with van der Waals surface area (Å²) in [6.07, 6.45) is 4.31. The predicted molar refractivity (Wildman–Crippen MR) is 74.4 cm³/mol. The highest BCUT2D eigenvalue weighted by Crippen LogP contribution is 2.13. The molecule has 0 radical (unpaired) electrons. The predicted octanol–water partition coefficient (Wildman–Crippen LogP) is 0.499. The smallest absolute Gasteiger partial charge is 0.157 e. The van der Waals surface area contributed by atoms with E-state index in [4.69, 9.17) is 18.0 Å². The van der Waals surface area contributed by atoms with E-state index in [2.05, 4.69) is 29.0 Å². The van der Waals surface area contributed by atoms with Crippen molar-refractivity contribution in [2.75, 3.05) is 39.1 Å². The van der Waals surface area contributed by atoms with E-state index in [-0.39, 0.29) is 4.99 Å². The maximum Gasteiger partial charge on any atom is 0.157 e. The number of thiocarbonyl (C=S) groups is 1. The van der Waals surface area contributed by atoms with Gasteiger partial charge in [0.25, 0.3) is 0 Å². The van der Waals surface area contributed by atoms with Crippen LogP contribution in [0.4, 0.5) is 5.82 Å². The Morgan fingerprint density at radius 3 is 2.47 bits per heavy atom. The van der Waals surface area contributed by atoms with Crippen LogP contribution in [0, 0.1) is 0 Å². The number of nitrogens with two attached hydrogens (primary N) is 1. The highest BCUT2D eigenvalue weighted by atomic mass is 32.1. The molecule has 5 nitrogen and oxygen atoms in total. The van der Waals surface area contributed by atoms with Crippen molar-refractivity contribution in [1.82, 2.24) is 14.9 Å². The number of aromatic nitrogens is 2. The maximum atomic E-state index is 5.62. The first-order valence-corrected chi connectivity index (χ1v) is 5.90. The van der Waals surface area contributed by atoms with Gasteiger partial charge in [-0.2, -0.15) is 0 Å². The van der Waals surface area contributed by atoms with Crippen LogP contribution in [-0.2, 0) is 0 Å². The van der Waals surface area contributed by atoms with E-state index in [0.717, 1.165) is 25.3 Å². The molecule has 0 atom stereocenters. The quantitative estimate of drug-likeness (QED) is 0.745. The number of hydrogen-bond acceptors (Lipinski definition) is 5. The Kier molecular flexibility index (Phi) is 5.24. The molecule has 0 spiro atoms. The van der Waals surface area contributed by atoms with Crippen LogP contribution in [0.25, 0.3) is 0 Å². The lowest BCUT2D eigenvalue weighted by Gasteiger charge is -2.20. The Balaban J connectivity index is 2.68. The van der Waals surface area contributed by atoms with E-state index < -0.39 is 0 Å². The number of anilines is 1. The molecule has 1 rings (SSSR count). The lowest BCUT2D eigenvalue weighted by molar-refractivity contribution is 0.401. The van der Waals surface area contributed by atoms with E-state index in [1.54, 1.807) is 12.4 Å². The van der Waals surface area contributed by atoms with Gasteiger partial charge in [-0.25, -0.2) is 9.97 Å². The van der Waals surface area contributed by atoms with Gasteiger partial charge in [-0.1, -0.05) is 12.2 Å². The average molecular weight is 253 g/mol. The zero-order valence-corrected chi connectivity index (χ0v) is 11.4. The Bertz CT molecular complexity index is 380. The molecule has 1 aromatic rings. The van der Waals surface area contributed by atoms with Crippen LogP contribution >= 0.6 is 12.2 Å². The molecule has 1 heterocycles. The van der Waals surface area contributed by atoms with Crippen LogP contribution in [0.3, 0.4) is 0 Å². The molecule has 0 aromatic carbocycles. The fraction of sp³-hybridized carbons (Fsp3) is 0.545. The maximum absolute atomic E-state index is 5.62. The normalized spacial score (nSPS) is 10.6. The van der Waals surface area contributed by atoms with E-state index in [1.165, 1.54) is 0 Å². The molecule has 0 aliphatic carbocycles. The summed E-state index contributed by atoms with van der Waals surface area (Å²) in [5.41, 5.74) is 6.22. The van der Waals surface area contributed by atoms with Crippen LogP contribution in [-0.4, -0.2) is 54.1 Å². The largest absolute Gasteiger partial charge is 0.388 e. The summed E-state index contributed by atoms with van der Waals surface area (Å²) in [7, 11) is 6.09. The minimum atomic E-state index is 0.285. The van der Waals surface area contributed by atoms with Gasteiger partial charge in [0, 0.05) is 26.0 Å². The van der Waals surface area contributed by atoms with Gasteiger partial charge in [-0.15, -0.1) is 0 Å². The summed E-state index contributed by atoms with van der Waals surface area (Å²) in [6.45, 7) is 1.93. The molecule has 1 aromatic heterocycles. The second-order valence-electron chi connectivity index (χ2n) is 4.17. The molecule has 17 heavy (non-hydrogen) atoms. The topological polar surface area (TPSA) is 58.3 Å². The summed E-state index contributed by atoms with van der Waals surface area (Å²) in [5.74, 6) is 0.749. The van der Waals surface area contributed by atoms with Gasteiger partial charge in [0.1, 0.15) is 10.7 Å². The summed E-state index contributed by atoms with van der Waals surface area (Å²) >= 11 is 4.96. The monoisotopic (exact) mass is 253 g/mol. The van der Waals surface area contributed by atoms with Crippen molar-refractivity contribution < 1.29 is 0 Å². The third-order valence-electron chi connectivity index (χ3n) is 2.37. The van der Waals surface area contributed by atoms with Crippen molar-refractivity contribution in [3.05, 3.63) is 18.1 Å². The number of rotatable bonds is 6. The van der Waals surface area contributed by atoms with Crippen LogP contribution in [0.1, 0.15) is 12.1 Å². The molecule has 0 unspecified atom stereocenters. The van der Waals surface area contributed by atoms with Gasteiger partial charge in [0.2, 0.25) is 0 Å². The molecule has 0 bridgehead atoms. The minimum absolute atomic E-state index is 0.285. The van der Waals surface area contributed by atoms with Gasteiger partial charge < -0.3 is 15.5 Å². The molecule has 0 aliphatic heterocycles. The lowest BCUT2D eigenvalue weighted by atomic mass is 10.3. The van der Waals surface area contributed by atoms with Gasteiger partial charge in [-0.05, 0) is 27.1 Å². The molecule has 0 saturated carbocycles. The second kappa shape index (κ2) is 6.46. The van der Waals surface area contributed by atoms with Gasteiger partial charge in [0.15, 0.2) is 5.82 Å². The first-order chi connectivity index (χ1) is 8.02. The Morgan fingerprint density at radius 1 is 1.24 bits per heavy atom. The lowest BCUT2D eigenvalue weighted by Crippen LogP contribution is -2.27. The van der Waals surface area contributed by atoms with Crippen molar-refractivity contribution in [3.8, 4) is 0 Å². The molecule has 2 N–H and O–H groups in total. The van der Waals surface area contributed by atoms with Crippen LogP contribution in [0.5, 0.6) is 0 Å². The van der Waals surface area contributed by atoms with Crippen molar-refractivity contribution in [2.45, 2.75) is 6.42 Å². The number of hydrogen-bond donors (Lipinski definition) is 1. The minimum Gasteiger partial charge on any atom is -0.388 e. The van der Waals surface area contributed by atoms with Crippen LogP contribution in [0.2, 0.25) is 0 Å². The highest BCUT2D eigenvalue weighted by Gasteiger charge is 2.11. The van der Waals surface area contributed by atoms with E-state index in [0.29, 0.717) is 5.69 Å². The average Bonchev–Trinajstić information content (AvgIpc) is 2.28.